The number of nitrogens with zero attached hydrogens (tertiary/aromatic N) is 1. The predicted molar refractivity (Wildman–Crippen MR) is 54.6 cm³/mol. The fourth-order valence-corrected chi connectivity index (χ4v) is 1.55. The average Bonchev–Trinajstić information content (AvgIpc) is 2.71. The Kier molecular flexibility index (Phi) is 4.36. The molecule has 2 atom stereocenters. The molecule has 86 valence electrons. The minimum absolute atomic E-state index is 0.0473. The molecule has 0 aromatic rings. The minimum atomic E-state index is -0.560. The van der Waals surface area contributed by atoms with Crippen molar-refractivity contribution in [3.63, 3.8) is 0 Å². The molecule has 1 rings (SSSR count). The molecule has 0 aromatic heterocycles. The van der Waals surface area contributed by atoms with E-state index in [1.54, 1.807) is 0 Å². The van der Waals surface area contributed by atoms with Gasteiger partial charge in [-0.15, -0.1) is 0 Å². The Labute approximate surface area is 88.5 Å². The molecule has 1 aliphatic heterocycles. The molecule has 0 aromatic carbocycles. The van der Waals surface area contributed by atoms with Gasteiger partial charge in [-0.3, -0.25) is 4.79 Å². The second-order valence-electron chi connectivity index (χ2n) is 3.55. The number of carbonyl (C=O) groups excluding carboxylic acids is 1. The fraction of sp³-hybridized carbons (Fsp3) is 0.778. The van der Waals surface area contributed by atoms with E-state index >= 15 is 0 Å². The van der Waals surface area contributed by atoms with Crippen LogP contribution in [0.2, 0.25) is 0 Å². The molecule has 1 heterocycles. The van der Waals surface area contributed by atoms with Crippen LogP contribution in [0.5, 0.6) is 0 Å². The van der Waals surface area contributed by atoms with Gasteiger partial charge in [0.1, 0.15) is 0 Å². The van der Waals surface area contributed by atoms with E-state index in [4.69, 9.17) is 15.7 Å². The van der Waals surface area contributed by atoms with Gasteiger partial charge >= 0.3 is 0 Å². The Balaban J connectivity index is 2.49. The highest BCUT2D eigenvalue weighted by Crippen LogP contribution is 2.07. The lowest BCUT2D eigenvalue weighted by molar-refractivity contribution is -0.123. The first-order valence-corrected chi connectivity index (χ1v) is 5.04. The van der Waals surface area contributed by atoms with Crippen LogP contribution >= 0.6 is 0 Å². The normalized spacial score (nSPS) is 23.8. The van der Waals surface area contributed by atoms with Gasteiger partial charge in [-0.05, 0) is 12.8 Å². The summed E-state index contributed by atoms with van der Waals surface area (Å²) in [7, 11) is 0. The Morgan fingerprint density at radius 2 is 2.53 bits per heavy atom. The third kappa shape index (κ3) is 3.09. The molecule has 0 spiro atoms. The van der Waals surface area contributed by atoms with Gasteiger partial charge in [-0.25, -0.2) is 0 Å². The molecule has 4 N–H and O–H groups in total. The van der Waals surface area contributed by atoms with Crippen LogP contribution in [0, 0.1) is 5.92 Å². The van der Waals surface area contributed by atoms with Crippen LogP contribution in [-0.4, -0.2) is 36.2 Å². The number of oxime groups is 1. The molecule has 0 aliphatic carbocycles. The largest absolute Gasteiger partial charge is 0.409 e. The van der Waals surface area contributed by atoms with Gasteiger partial charge in [0.15, 0.2) is 5.84 Å². The van der Waals surface area contributed by atoms with Crippen LogP contribution in [-0.2, 0) is 9.53 Å². The number of nitrogens with two attached hydrogens (primary N) is 1. The van der Waals surface area contributed by atoms with Crippen molar-refractivity contribution in [2.75, 3.05) is 13.2 Å². The number of nitrogens with one attached hydrogen (secondary N) is 1. The van der Waals surface area contributed by atoms with E-state index in [1.807, 2.05) is 6.92 Å². The van der Waals surface area contributed by atoms with Crippen LogP contribution in [0.25, 0.3) is 0 Å². The number of rotatable bonds is 4. The summed E-state index contributed by atoms with van der Waals surface area (Å²) < 4.78 is 5.13. The molecule has 0 saturated carbocycles. The van der Waals surface area contributed by atoms with Crippen molar-refractivity contribution in [1.29, 1.82) is 0 Å². The van der Waals surface area contributed by atoms with E-state index in [9.17, 15) is 4.79 Å². The summed E-state index contributed by atoms with van der Waals surface area (Å²) in [4.78, 5) is 11.7. The van der Waals surface area contributed by atoms with E-state index < -0.39 is 5.92 Å². The first kappa shape index (κ1) is 11.8. The monoisotopic (exact) mass is 215 g/mol. The highest BCUT2D eigenvalue weighted by Gasteiger charge is 2.25. The van der Waals surface area contributed by atoms with Crippen molar-refractivity contribution < 1.29 is 14.7 Å². The van der Waals surface area contributed by atoms with Crippen molar-refractivity contribution in [3.05, 3.63) is 0 Å². The second kappa shape index (κ2) is 5.55. The van der Waals surface area contributed by atoms with Gasteiger partial charge in [-0.2, -0.15) is 0 Å². The summed E-state index contributed by atoms with van der Waals surface area (Å²) in [6, 6.07) is 0.0537. The molecule has 1 fully saturated rings. The third-order valence-corrected chi connectivity index (χ3v) is 2.47. The molecule has 6 heteroatoms. The fourth-order valence-electron chi connectivity index (χ4n) is 1.55. The maximum Gasteiger partial charge on any atom is 0.231 e. The zero-order chi connectivity index (χ0) is 11.3. The lowest BCUT2D eigenvalue weighted by atomic mass is 10.0. The highest BCUT2D eigenvalue weighted by molar-refractivity contribution is 6.02. The van der Waals surface area contributed by atoms with E-state index in [2.05, 4.69) is 10.5 Å². The molecule has 2 unspecified atom stereocenters. The number of ether oxygens (including phenoxy) is 1. The summed E-state index contributed by atoms with van der Waals surface area (Å²) in [5, 5.41) is 14.2. The number of hydrogen-bond donors (Lipinski definition) is 3. The van der Waals surface area contributed by atoms with Gasteiger partial charge in [-0.1, -0.05) is 12.1 Å². The van der Waals surface area contributed by atoms with E-state index in [1.165, 1.54) is 0 Å². The quantitative estimate of drug-likeness (QED) is 0.259. The second-order valence-corrected chi connectivity index (χ2v) is 3.55. The van der Waals surface area contributed by atoms with E-state index in [0.717, 1.165) is 6.42 Å². The number of amidine groups is 1. The average molecular weight is 215 g/mol. The Bertz CT molecular complexity index is 249. The lowest BCUT2D eigenvalue weighted by Crippen LogP contribution is -2.43. The summed E-state index contributed by atoms with van der Waals surface area (Å²) in [5.74, 6) is -0.812. The van der Waals surface area contributed by atoms with E-state index in [-0.39, 0.29) is 17.8 Å². The number of carbonyl (C=O) groups is 1. The van der Waals surface area contributed by atoms with Crippen LogP contribution in [0.1, 0.15) is 19.8 Å². The van der Waals surface area contributed by atoms with Crippen LogP contribution < -0.4 is 11.1 Å². The summed E-state index contributed by atoms with van der Waals surface area (Å²) in [6.45, 7) is 3.02. The maximum atomic E-state index is 11.7. The third-order valence-electron chi connectivity index (χ3n) is 2.47. The minimum Gasteiger partial charge on any atom is -0.409 e. The van der Waals surface area contributed by atoms with Crippen LogP contribution in [0.3, 0.4) is 0 Å². The smallest absolute Gasteiger partial charge is 0.231 e. The molecule has 1 saturated heterocycles. The van der Waals surface area contributed by atoms with Gasteiger partial charge in [0.25, 0.3) is 0 Å². The number of amides is 1. The standard InChI is InChI=1S/C9H17N3O3/c1-2-7(8(10)12-14)9(13)11-6-3-4-15-5-6/h6-7,14H,2-5H2,1H3,(H2,10,12)(H,11,13). The van der Waals surface area contributed by atoms with Gasteiger partial charge in [0.2, 0.25) is 5.91 Å². The molecule has 1 amide bonds. The Morgan fingerprint density at radius 1 is 1.80 bits per heavy atom. The highest BCUT2D eigenvalue weighted by atomic mass is 16.5. The Hall–Kier alpha value is -1.30. The van der Waals surface area contributed by atoms with Gasteiger partial charge in [0, 0.05) is 6.61 Å². The maximum absolute atomic E-state index is 11.7. The molecular weight excluding hydrogens is 198 g/mol. The summed E-state index contributed by atoms with van der Waals surface area (Å²) in [5.41, 5.74) is 5.41. The first-order chi connectivity index (χ1) is 7.19. The predicted octanol–water partition coefficient (Wildman–Crippen LogP) is -0.336. The van der Waals surface area contributed by atoms with Crippen LogP contribution in [0.15, 0.2) is 5.16 Å². The Morgan fingerprint density at radius 3 is 3.00 bits per heavy atom. The first-order valence-electron chi connectivity index (χ1n) is 5.04. The zero-order valence-corrected chi connectivity index (χ0v) is 8.77. The molecule has 6 nitrogen and oxygen atoms in total. The summed E-state index contributed by atoms with van der Waals surface area (Å²) in [6.07, 6.45) is 1.33. The van der Waals surface area contributed by atoms with Crippen molar-refractivity contribution in [2.24, 2.45) is 16.8 Å². The van der Waals surface area contributed by atoms with E-state index in [0.29, 0.717) is 19.6 Å². The van der Waals surface area contributed by atoms with Crippen molar-refractivity contribution in [3.8, 4) is 0 Å². The summed E-state index contributed by atoms with van der Waals surface area (Å²) >= 11 is 0. The van der Waals surface area contributed by atoms with Crippen molar-refractivity contribution in [2.45, 2.75) is 25.8 Å². The van der Waals surface area contributed by atoms with Crippen molar-refractivity contribution in [1.82, 2.24) is 5.32 Å². The lowest BCUT2D eigenvalue weighted by Gasteiger charge is -2.16. The SMILES string of the molecule is CCC(C(=O)NC1CCOC1)C(N)=NO. The van der Waals surface area contributed by atoms with Crippen LogP contribution in [0.4, 0.5) is 0 Å². The molecule has 0 bridgehead atoms. The molecule has 0 radical (unpaired) electrons. The topological polar surface area (TPSA) is 96.9 Å². The zero-order valence-electron chi connectivity index (χ0n) is 8.77. The number of hydrogen-bond acceptors (Lipinski definition) is 4. The van der Waals surface area contributed by atoms with Gasteiger partial charge in [0.05, 0.1) is 18.6 Å². The van der Waals surface area contributed by atoms with Gasteiger partial charge < -0.3 is 21.0 Å². The van der Waals surface area contributed by atoms with Crippen molar-refractivity contribution >= 4 is 11.7 Å². The molecule has 15 heavy (non-hydrogen) atoms. The molecular formula is C9H17N3O3. The molecule has 1 aliphatic rings.